The first-order valence-corrected chi connectivity index (χ1v) is 15.1. The van der Waals surface area contributed by atoms with Gasteiger partial charge in [-0.05, 0) is 72.3 Å². The number of nitrogens with zero attached hydrogens (tertiary/aromatic N) is 6. The van der Waals surface area contributed by atoms with Crippen molar-refractivity contribution in [1.82, 2.24) is 29.4 Å². The molecule has 14 heteroatoms. The number of rotatable bonds is 8. The fourth-order valence-electron chi connectivity index (χ4n) is 5.06. The van der Waals surface area contributed by atoms with Crippen molar-refractivity contribution in [2.45, 2.75) is 48.9 Å². The summed E-state index contributed by atoms with van der Waals surface area (Å²) >= 11 is 5.12. The second-order valence-corrected chi connectivity index (χ2v) is 11.9. The standard InChI is InChI=1S/C28H28BrN7O5S/c1-16(41-27(38)18-3-2-7-31-13-18)26(37)35-8-4-17(5-9-35)6-10-36-25-23(24(30)32-14-33-25)34-28(36)42-22-12-21-20(11-19(22)29)39-15-40-21/h2-3,7,11-14,16-17H,4-6,8-10,15H2,1H3,(H2,30,32,33)/t16-/m0/s1. The predicted octanol–water partition coefficient (Wildman–Crippen LogP) is 4.32. The number of piperidine rings is 1. The summed E-state index contributed by atoms with van der Waals surface area (Å²) in [5, 5.41) is 0.744. The summed E-state index contributed by atoms with van der Waals surface area (Å²) in [7, 11) is 0. The molecule has 0 bridgehead atoms. The average Bonchev–Trinajstić information content (AvgIpc) is 3.61. The van der Waals surface area contributed by atoms with Crippen molar-refractivity contribution in [3.63, 3.8) is 0 Å². The first-order valence-electron chi connectivity index (χ1n) is 13.5. The molecule has 2 aliphatic heterocycles. The third kappa shape index (κ3) is 5.86. The number of fused-ring (bicyclic) bond motifs is 2. The number of pyridine rings is 1. The van der Waals surface area contributed by atoms with E-state index in [0.717, 1.165) is 33.8 Å². The van der Waals surface area contributed by atoms with Gasteiger partial charge in [0.1, 0.15) is 6.33 Å². The van der Waals surface area contributed by atoms with E-state index >= 15 is 0 Å². The summed E-state index contributed by atoms with van der Waals surface area (Å²) in [6, 6.07) is 7.08. The van der Waals surface area contributed by atoms with Crippen LogP contribution < -0.4 is 15.2 Å². The third-order valence-electron chi connectivity index (χ3n) is 7.37. The van der Waals surface area contributed by atoms with Crippen LogP contribution in [0.1, 0.15) is 36.5 Å². The maximum absolute atomic E-state index is 13.0. The van der Waals surface area contributed by atoms with Crippen molar-refractivity contribution in [3.05, 3.63) is 53.0 Å². The molecule has 0 radical (unpaired) electrons. The van der Waals surface area contributed by atoms with Crippen LogP contribution in [0.2, 0.25) is 0 Å². The lowest BCUT2D eigenvalue weighted by Crippen LogP contribution is -2.44. The average molecular weight is 655 g/mol. The zero-order chi connectivity index (χ0) is 29.2. The molecule has 2 N–H and O–H groups in total. The van der Waals surface area contributed by atoms with Gasteiger partial charge in [0.15, 0.2) is 39.7 Å². The van der Waals surface area contributed by atoms with Gasteiger partial charge in [0.25, 0.3) is 5.91 Å². The van der Waals surface area contributed by atoms with Crippen LogP contribution in [-0.2, 0) is 16.1 Å². The first-order chi connectivity index (χ1) is 20.4. The molecule has 1 atom stereocenters. The van der Waals surface area contributed by atoms with Gasteiger partial charge in [-0.3, -0.25) is 9.78 Å². The van der Waals surface area contributed by atoms with Gasteiger partial charge in [0, 0.05) is 41.4 Å². The molecule has 5 heterocycles. The Morgan fingerprint density at radius 1 is 1.21 bits per heavy atom. The van der Waals surface area contributed by atoms with E-state index in [2.05, 4.69) is 35.4 Å². The van der Waals surface area contributed by atoms with Crippen LogP contribution in [0, 0.1) is 5.92 Å². The second-order valence-electron chi connectivity index (χ2n) is 10.1. The molecule has 0 aliphatic carbocycles. The highest BCUT2D eigenvalue weighted by Gasteiger charge is 2.29. The van der Waals surface area contributed by atoms with E-state index in [9.17, 15) is 9.59 Å². The van der Waals surface area contributed by atoms with Crippen LogP contribution in [-0.4, -0.2) is 67.3 Å². The normalized spacial score (nSPS) is 15.6. The number of hydrogen-bond acceptors (Lipinski definition) is 11. The lowest BCUT2D eigenvalue weighted by Gasteiger charge is -2.33. The first kappa shape index (κ1) is 28.2. The Hall–Kier alpha value is -3.91. The van der Waals surface area contributed by atoms with E-state index in [1.807, 2.05) is 12.1 Å². The minimum atomic E-state index is -0.869. The maximum atomic E-state index is 13.0. The van der Waals surface area contributed by atoms with Crippen molar-refractivity contribution in [1.29, 1.82) is 0 Å². The molecule has 12 nitrogen and oxygen atoms in total. The number of carbonyl (C=O) groups is 2. The number of esters is 1. The summed E-state index contributed by atoms with van der Waals surface area (Å²) < 4.78 is 19.4. The zero-order valence-electron chi connectivity index (χ0n) is 22.7. The molecular formula is C28H28BrN7O5S. The number of anilines is 1. The van der Waals surface area contributed by atoms with Crippen molar-refractivity contribution < 1.29 is 23.8 Å². The number of carbonyl (C=O) groups excluding carboxylic acids is 2. The number of imidazole rings is 1. The Balaban J connectivity index is 1.10. The van der Waals surface area contributed by atoms with Gasteiger partial charge in [-0.25, -0.2) is 19.7 Å². The van der Waals surface area contributed by atoms with E-state index in [-0.39, 0.29) is 12.7 Å². The molecule has 4 aromatic rings. The number of nitrogens with two attached hydrogens (primary N) is 1. The topological polar surface area (TPSA) is 148 Å². The molecule has 1 fully saturated rings. The minimum Gasteiger partial charge on any atom is -0.454 e. The fraction of sp³-hybridized carbons (Fsp3) is 0.357. The molecule has 218 valence electrons. The van der Waals surface area contributed by atoms with E-state index in [1.54, 1.807) is 30.2 Å². The second kappa shape index (κ2) is 12.1. The van der Waals surface area contributed by atoms with Gasteiger partial charge in [-0.2, -0.15) is 0 Å². The van der Waals surface area contributed by atoms with Gasteiger partial charge in [0.2, 0.25) is 6.79 Å². The third-order valence-corrected chi connectivity index (χ3v) is 9.34. The summed E-state index contributed by atoms with van der Waals surface area (Å²) in [6.45, 7) is 3.68. The van der Waals surface area contributed by atoms with Crippen molar-refractivity contribution in [3.8, 4) is 11.5 Å². The van der Waals surface area contributed by atoms with Crippen LogP contribution in [0.5, 0.6) is 11.5 Å². The molecule has 0 saturated carbocycles. The van der Waals surface area contributed by atoms with Gasteiger partial charge < -0.3 is 29.4 Å². The molecule has 1 aromatic carbocycles. The molecular weight excluding hydrogens is 626 g/mol. The van der Waals surface area contributed by atoms with Gasteiger partial charge in [-0.1, -0.05) is 11.8 Å². The van der Waals surface area contributed by atoms with E-state index in [4.69, 9.17) is 24.9 Å². The highest BCUT2D eigenvalue weighted by Crippen LogP contribution is 2.43. The van der Waals surface area contributed by atoms with Crippen LogP contribution in [0.15, 0.2) is 57.5 Å². The monoisotopic (exact) mass is 653 g/mol. The Morgan fingerprint density at radius 2 is 2.00 bits per heavy atom. The van der Waals surface area contributed by atoms with Crippen molar-refractivity contribution >= 4 is 56.6 Å². The molecule has 6 rings (SSSR count). The Kier molecular flexibility index (Phi) is 8.16. The van der Waals surface area contributed by atoms with Gasteiger partial charge >= 0.3 is 5.97 Å². The molecule has 0 unspecified atom stereocenters. The minimum absolute atomic E-state index is 0.188. The number of ether oxygens (including phenoxy) is 3. The van der Waals surface area contributed by atoms with Crippen LogP contribution in [0.3, 0.4) is 0 Å². The lowest BCUT2D eigenvalue weighted by atomic mass is 9.93. The number of likely N-dealkylation sites (tertiary alicyclic amines) is 1. The number of aryl methyl sites for hydroxylation is 1. The molecule has 42 heavy (non-hydrogen) atoms. The van der Waals surface area contributed by atoms with E-state index in [0.29, 0.717) is 59.6 Å². The van der Waals surface area contributed by atoms with E-state index < -0.39 is 12.1 Å². The van der Waals surface area contributed by atoms with Gasteiger partial charge in [0.05, 0.1) is 5.56 Å². The summed E-state index contributed by atoms with van der Waals surface area (Å²) in [5.74, 6) is 1.36. The van der Waals surface area contributed by atoms with E-state index in [1.165, 1.54) is 24.3 Å². The fourth-order valence-corrected chi connectivity index (χ4v) is 6.57. The number of nitrogen functional groups attached to an aromatic ring is 1. The van der Waals surface area contributed by atoms with Crippen molar-refractivity contribution in [2.75, 3.05) is 25.6 Å². The zero-order valence-corrected chi connectivity index (χ0v) is 25.1. The Bertz CT molecular complexity index is 1630. The number of benzene rings is 1. The number of halogens is 1. The van der Waals surface area contributed by atoms with Crippen LogP contribution >= 0.6 is 27.7 Å². The molecule has 1 amide bonds. The number of amides is 1. The lowest BCUT2D eigenvalue weighted by molar-refractivity contribution is -0.141. The molecule has 1 saturated heterocycles. The van der Waals surface area contributed by atoms with Gasteiger partial charge in [-0.15, -0.1) is 0 Å². The maximum Gasteiger partial charge on any atom is 0.340 e. The molecule has 3 aromatic heterocycles. The number of hydrogen-bond donors (Lipinski definition) is 1. The molecule has 2 aliphatic rings. The quantitative estimate of drug-likeness (QED) is 0.271. The summed E-state index contributed by atoms with van der Waals surface area (Å²) in [6.07, 6.45) is 6.14. The Labute approximate surface area is 254 Å². The predicted molar refractivity (Wildman–Crippen MR) is 157 cm³/mol. The highest BCUT2D eigenvalue weighted by molar-refractivity contribution is 9.10. The van der Waals surface area contributed by atoms with Crippen LogP contribution in [0.4, 0.5) is 5.82 Å². The summed E-state index contributed by atoms with van der Waals surface area (Å²) in [5.41, 5.74) is 7.71. The largest absolute Gasteiger partial charge is 0.454 e. The smallest absolute Gasteiger partial charge is 0.340 e. The Morgan fingerprint density at radius 3 is 2.76 bits per heavy atom. The molecule has 0 spiro atoms. The highest BCUT2D eigenvalue weighted by atomic mass is 79.9. The van der Waals surface area contributed by atoms with Crippen molar-refractivity contribution in [2.24, 2.45) is 5.92 Å². The summed E-state index contributed by atoms with van der Waals surface area (Å²) in [4.78, 5) is 45.4. The SMILES string of the molecule is C[C@H](OC(=O)c1cccnc1)C(=O)N1CCC(CCn2c(Sc3cc4c(cc3Br)OCO4)nc3c(N)ncnc32)CC1. The number of aromatic nitrogens is 5. The van der Waals surface area contributed by atoms with Crippen LogP contribution in [0.25, 0.3) is 11.2 Å².